The number of ether oxygens (including phenoxy) is 1. The van der Waals surface area contributed by atoms with Crippen LogP contribution in [0.25, 0.3) is 11.0 Å². The minimum absolute atomic E-state index is 0.0280. The van der Waals surface area contributed by atoms with Crippen molar-refractivity contribution in [1.82, 2.24) is 20.1 Å². The van der Waals surface area contributed by atoms with Gasteiger partial charge in [-0.15, -0.1) is 0 Å². The van der Waals surface area contributed by atoms with E-state index in [1.807, 2.05) is 20.9 Å². The Labute approximate surface area is 146 Å². The molecule has 1 fully saturated rings. The van der Waals surface area contributed by atoms with E-state index in [1.54, 1.807) is 4.68 Å². The lowest BCUT2D eigenvalue weighted by Crippen LogP contribution is -2.28. The number of fused-ring (bicyclic) bond motifs is 1. The first-order chi connectivity index (χ1) is 12.0. The van der Waals surface area contributed by atoms with E-state index < -0.39 is 0 Å². The molecular weight excluding hydrogens is 320 g/mol. The molecule has 0 radical (unpaired) electrons. The summed E-state index contributed by atoms with van der Waals surface area (Å²) in [7, 11) is 1.81. The van der Waals surface area contributed by atoms with Crippen LogP contribution in [0.1, 0.15) is 42.5 Å². The Morgan fingerprint density at radius 2 is 2.24 bits per heavy atom. The summed E-state index contributed by atoms with van der Waals surface area (Å²) in [6, 6.07) is 0. The number of pyridine rings is 1. The normalized spacial score (nSPS) is 17.3. The molecule has 25 heavy (non-hydrogen) atoms. The largest absolute Gasteiger partial charge is 0.378 e. The number of aryl methyl sites for hydroxylation is 3. The number of carbonyl (C=O) groups excluding carboxylic acids is 1. The molecule has 0 saturated carbocycles. The Bertz CT molecular complexity index is 831. The Morgan fingerprint density at radius 3 is 2.96 bits per heavy atom. The molecule has 2 aromatic rings. The van der Waals surface area contributed by atoms with Crippen molar-refractivity contribution in [3.8, 4) is 0 Å². The SMILES string of the molecule is Cc1nn(C)c2[nH]c(=O)c(CCC(=O)NCC[C@H]3CCCO3)c(C)c12. The molecule has 1 aliphatic heterocycles. The maximum atomic E-state index is 12.4. The van der Waals surface area contributed by atoms with Crippen molar-refractivity contribution in [3.05, 3.63) is 27.2 Å². The second-order valence-electron chi connectivity index (χ2n) is 6.76. The van der Waals surface area contributed by atoms with Crippen LogP contribution in [0.15, 0.2) is 4.79 Å². The maximum Gasteiger partial charge on any atom is 0.253 e. The van der Waals surface area contributed by atoms with Crippen LogP contribution in [0.3, 0.4) is 0 Å². The Morgan fingerprint density at radius 1 is 1.44 bits per heavy atom. The molecular formula is C18H26N4O3. The summed E-state index contributed by atoms with van der Waals surface area (Å²) in [6.45, 7) is 5.31. The Hall–Kier alpha value is -2.15. The molecule has 2 N–H and O–H groups in total. The van der Waals surface area contributed by atoms with Gasteiger partial charge < -0.3 is 15.0 Å². The summed E-state index contributed by atoms with van der Waals surface area (Å²) < 4.78 is 7.23. The molecule has 1 atom stereocenters. The number of hydrogen-bond acceptors (Lipinski definition) is 4. The van der Waals surface area contributed by atoms with Crippen LogP contribution in [0.4, 0.5) is 0 Å². The van der Waals surface area contributed by atoms with Gasteiger partial charge in [-0.25, -0.2) is 0 Å². The van der Waals surface area contributed by atoms with E-state index in [0.717, 1.165) is 48.2 Å². The number of nitrogens with one attached hydrogen (secondary N) is 2. The summed E-state index contributed by atoms with van der Waals surface area (Å²) in [6.07, 6.45) is 4.05. The highest BCUT2D eigenvalue weighted by Crippen LogP contribution is 2.21. The average Bonchev–Trinajstić information content (AvgIpc) is 3.16. The van der Waals surface area contributed by atoms with Crippen molar-refractivity contribution in [1.29, 1.82) is 0 Å². The van der Waals surface area contributed by atoms with Crippen LogP contribution in [-0.4, -0.2) is 39.9 Å². The quantitative estimate of drug-likeness (QED) is 0.829. The van der Waals surface area contributed by atoms with Crippen molar-refractivity contribution < 1.29 is 9.53 Å². The summed E-state index contributed by atoms with van der Waals surface area (Å²) in [5.74, 6) is -0.0280. The molecule has 136 valence electrons. The van der Waals surface area contributed by atoms with E-state index in [0.29, 0.717) is 24.9 Å². The van der Waals surface area contributed by atoms with E-state index in [1.165, 1.54) is 0 Å². The predicted octanol–water partition coefficient (Wildman–Crippen LogP) is 1.50. The third-order valence-electron chi connectivity index (χ3n) is 4.97. The molecule has 2 aromatic heterocycles. The first-order valence-electron chi connectivity index (χ1n) is 8.90. The van der Waals surface area contributed by atoms with Gasteiger partial charge in [-0.05, 0) is 45.1 Å². The highest BCUT2D eigenvalue weighted by molar-refractivity contribution is 5.83. The molecule has 0 aromatic carbocycles. The molecule has 3 rings (SSSR count). The lowest BCUT2D eigenvalue weighted by atomic mass is 10.0. The number of H-pyrrole nitrogens is 1. The number of aromatic amines is 1. The summed E-state index contributed by atoms with van der Waals surface area (Å²) in [5.41, 5.74) is 3.05. The molecule has 0 bridgehead atoms. The second kappa shape index (κ2) is 7.39. The molecule has 0 unspecified atom stereocenters. The van der Waals surface area contributed by atoms with E-state index in [2.05, 4.69) is 15.4 Å². The molecule has 0 spiro atoms. The lowest BCUT2D eigenvalue weighted by molar-refractivity contribution is -0.121. The summed E-state index contributed by atoms with van der Waals surface area (Å²) in [5, 5.41) is 8.25. The number of nitrogens with zero attached hydrogens (tertiary/aromatic N) is 2. The number of amides is 1. The van der Waals surface area contributed by atoms with Gasteiger partial charge in [0.1, 0.15) is 5.65 Å². The van der Waals surface area contributed by atoms with Gasteiger partial charge in [0, 0.05) is 37.6 Å². The molecule has 1 saturated heterocycles. The predicted molar refractivity (Wildman–Crippen MR) is 95.7 cm³/mol. The molecule has 0 aliphatic carbocycles. The van der Waals surface area contributed by atoms with Gasteiger partial charge in [0.25, 0.3) is 5.56 Å². The van der Waals surface area contributed by atoms with Gasteiger partial charge in [-0.1, -0.05) is 0 Å². The zero-order valence-electron chi connectivity index (χ0n) is 15.1. The molecule has 7 nitrogen and oxygen atoms in total. The monoisotopic (exact) mass is 346 g/mol. The highest BCUT2D eigenvalue weighted by atomic mass is 16.5. The standard InChI is InChI=1S/C18H26N4O3/c1-11-14(18(24)20-17-16(11)12(2)21-22(17)3)6-7-15(23)19-9-8-13-5-4-10-25-13/h13H,4-10H2,1-3H3,(H,19,23)(H,20,24)/t13-/m1/s1. The van der Waals surface area contributed by atoms with Gasteiger partial charge in [0.2, 0.25) is 5.91 Å². The van der Waals surface area contributed by atoms with Gasteiger partial charge in [0.05, 0.1) is 11.8 Å². The fourth-order valence-corrected chi connectivity index (χ4v) is 3.63. The third-order valence-corrected chi connectivity index (χ3v) is 4.97. The van der Waals surface area contributed by atoms with Gasteiger partial charge >= 0.3 is 0 Å². The Kier molecular flexibility index (Phi) is 5.22. The second-order valence-corrected chi connectivity index (χ2v) is 6.76. The molecule has 7 heteroatoms. The minimum atomic E-state index is -0.139. The number of rotatable bonds is 6. The zero-order chi connectivity index (χ0) is 18.0. The molecule has 1 amide bonds. The van der Waals surface area contributed by atoms with Crippen LogP contribution in [-0.2, 0) is 23.0 Å². The smallest absolute Gasteiger partial charge is 0.253 e. The van der Waals surface area contributed by atoms with Crippen LogP contribution in [0.5, 0.6) is 0 Å². The van der Waals surface area contributed by atoms with Crippen molar-refractivity contribution in [3.63, 3.8) is 0 Å². The van der Waals surface area contributed by atoms with E-state index >= 15 is 0 Å². The van der Waals surface area contributed by atoms with E-state index in [-0.39, 0.29) is 17.6 Å². The van der Waals surface area contributed by atoms with E-state index in [9.17, 15) is 9.59 Å². The third kappa shape index (κ3) is 3.76. The first-order valence-corrected chi connectivity index (χ1v) is 8.90. The van der Waals surface area contributed by atoms with Crippen molar-refractivity contribution >= 4 is 16.9 Å². The Balaban J connectivity index is 1.61. The van der Waals surface area contributed by atoms with Crippen LogP contribution in [0.2, 0.25) is 0 Å². The van der Waals surface area contributed by atoms with Crippen LogP contribution in [0, 0.1) is 13.8 Å². The number of carbonyl (C=O) groups is 1. The van der Waals surface area contributed by atoms with Crippen LogP contribution < -0.4 is 10.9 Å². The lowest BCUT2D eigenvalue weighted by Gasteiger charge is -2.10. The van der Waals surface area contributed by atoms with Crippen LogP contribution >= 0.6 is 0 Å². The average molecular weight is 346 g/mol. The van der Waals surface area contributed by atoms with Gasteiger partial charge in [-0.2, -0.15) is 5.10 Å². The van der Waals surface area contributed by atoms with Gasteiger partial charge in [-0.3, -0.25) is 14.3 Å². The number of hydrogen-bond donors (Lipinski definition) is 2. The zero-order valence-corrected chi connectivity index (χ0v) is 15.1. The van der Waals surface area contributed by atoms with Gasteiger partial charge in [0.15, 0.2) is 0 Å². The first kappa shape index (κ1) is 17.7. The fraction of sp³-hybridized carbons (Fsp3) is 0.611. The fourth-order valence-electron chi connectivity index (χ4n) is 3.63. The maximum absolute atomic E-state index is 12.4. The topological polar surface area (TPSA) is 89.0 Å². The van der Waals surface area contributed by atoms with Crippen molar-refractivity contribution in [2.45, 2.75) is 52.1 Å². The minimum Gasteiger partial charge on any atom is -0.378 e. The molecule has 3 heterocycles. The highest BCUT2D eigenvalue weighted by Gasteiger charge is 2.17. The number of aromatic nitrogens is 3. The molecule has 1 aliphatic rings. The van der Waals surface area contributed by atoms with Crippen molar-refractivity contribution in [2.24, 2.45) is 7.05 Å². The summed E-state index contributed by atoms with van der Waals surface area (Å²) in [4.78, 5) is 27.3. The van der Waals surface area contributed by atoms with E-state index in [4.69, 9.17) is 4.74 Å². The van der Waals surface area contributed by atoms with Crippen molar-refractivity contribution in [2.75, 3.05) is 13.2 Å². The summed E-state index contributed by atoms with van der Waals surface area (Å²) >= 11 is 0.